The van der Waals surface area contributed by atoms with Crippen LogP contribution in [0.4, 0.5) is 5.69 Å². The molecule has 1 saturated heterocycles. The van der Waals surface area contributed by atoms with Crippen LogP contribution in [-0.4, -0.2) is 49.2 Å². The van der Waals surface area contributed by atoms with E-state index in [0.717, 1.165) is 19.6 Å². The van der Waals surface area contributed by atoms with Crippen LogP contribution in [0.1, 0.15) is 11.5 Å². The summed E-state index contributed by atoms with van der Waals surface area (Å²) in [5, 5.41) is 8.90. The van der Waals surface area contributed by atoms with E-state index in [9.17, 15) is 4.79 Å². The lowest BCUT2D eigenvalue weighted by Crippen LogP contribution is -2.34. The van der Waals surface area contributed by atoms with E-state index in [1.807, 2.05) is 0 Å². The van der Waals surface area contributed by atoms with Crippen molar-refractivity contribution >= 4 is 11.7 Å². The molecule has 4 nitrogen and oxygen atoms in total. The number of likely N-dealkylation sites (tertiary alicyclic amines) is 1. The molecule has 2 aliphatic heterocycles. The van der Waals surface area contributed by atoms with Gasteiger partial charge in [0.15, 0.2) is 0 Å². The molecule has 0 amide bonds. The van der Waals surface area contributed by atoms with Gasteiger partial charge in [0.2, 0.25) is 0 Å². The molecule has 0 radical (unpaired) electrons. The van der Waals surface area contributed by atoms with Crippen LogP contribution in [0.5, 0.6) is 0 Å². The summed E-state index contributed by atoms with van der Waals surface area (Å²) < 4.78 is 0. The number of rotatable bonds is 2. The Hall–Kier alpha value is -1.55. The van der Waals surface area contributed by atoms with Crippen molar-refractivity contribution in [3.8, 4) is 0 Å². The Labute approximate surface area is 107 Å². The first-order valence-corrected chi connectivity index (χ1v) is 6.39. The maximum absolute atomic E-state index is 10.8. The third-order valence-electron chi connectivity index (χ3n) is 4.13. The maximum Gasteiger partial charge on any atom is 0.317 e. The Kier molecular flexibility index (Phi) is 2.74. The van der Waals surface area contributed by atoms with E-state index < -0.39 is 5.97 Å². The van der Waals surface area contributed by atoms with Crippen molar-refractivity contribution in [1.82, 2.24) is 4.90 Å². The number of carboxylic acid groups (broad SMARTS) is 1. The second-order valence-electron chi connectivity index (χ2n) is 5.39. The van der Waals surface area contributed by atoms with E-state index in [1.54, 1.807) is 0 Å². The smallest absolute Gasteiger partial charge is 0.317 e. The highest BCUT2D eigenvalue weighted by atomic mass is 16.4. The fourth-order valence-electron chi connectivity index (χ4n) is 3.42. The summed E-state index contributed by atoms with van der Waals surface area (Å²) >= 11 is 0. The lowest BCUT2D eigenvalue weighted by Gasteiger charge is -2.35. The van der Waals surface area contributed by atoms with Crippen molar-refractivity contribution in [2.45, 2.75) is 5.92 Å². The van der Waals surface area contributed by atoms with Gasteiger partial charge in [-0.3, -0.25) is 9.69 Å². The molecule has 18 heavy (non-hydrogen) atoms. The average molecular weight is 246 g/mol. The molecule has 1 N–H and O–H groups in total. The topological polar surface area (TPSA) is 43.8 Å². The number of fused-ring (bicyclic) bond motifs is 3. The van der Waals surface area contributed by atoms with Crippen molar-refractivity contribution in [3.63, 3.8) is 0 Å². The van der Waals surface area contributed by atoms with Crippen molar-refractivity contribution < 1.29 is 9.90 Å². The number of aliphatic carboxylic acids is 1. The van der Waals surface area contributed by atoms with Crippen molar-refractivity contribution in [2.24, 2.45) is 5.92 Å². The van der Waals surface area contributed by atoms with E-state index in [4.69, 9.17) is 5.11 Å². The zero-order chi connectivity index (χ0) is 12.7. The summed E-state index contributed by atoms with van der Waals surface area (Å²) in [5.41, 5.74) is 2.68. The van der Waals surface area contributed by atoms with Gasteiger partial charge in [-0.25, -0.2) is 0 Å². The maximum atomic E-state index is 10.8. The Balaban J connectivity index is 1.87. The van der Waals surface area contributed by atoms with Crippen molar-refractivity contribution in [3.05, 3.63) is 29.8 Å². The number of carbonyl (C=O) groups is 1. The molecule has 1 aromatic carbocycles. The van der Waals surface area contributed by atoms with Crippen LogP contribution in [0.3, 0.4) is 0 Å². The van der Waals surface area contributed by atoms with Crippen LogP contribution in [0.25, 0.3) is 0 Å². The molecule has 0 saturated carbocycles. The zero-order valence-electron chi connectivity index (χ0n) is 10.5. The monoisotopic (exact) mass is 246 g/mol. The summed E-state index contributed by atoms with van der Waals surface area (Å²) in [5.74, 6) is 0.330. The van der Waals surface area contributed by atoms with Crippen LogP contribution in [0.15, 0.2) is 24.3 Å². The summed E-state index contributed by atoms with van der Waals surface area (Å²) in [6.07, 6.45) is 0. The summed E-state index contributed by atoms with van der Waals surface area (Å²) in [4.78, 5) is 15.2. The minimum Gasteiger partial charge on any atom is -0.480 e. The molecule has 1 fully saturated rings. The second kappa shape index (κ2) is 4.28. The fourth-order valence-corrected chi connectivity index (χ4v) is 3.42. The molecule has 1 aromatic rings. The van der Waals surface area contributed by atoms with E-state index in [-0.39, 0.29) is 6.54 Å². The Bertz CT molecular complexity index is 475. The average Bonchev–Trinajstić information content (AvgIpc) is 2.71. The Morgan fingerprint density at radius 3 is 2.89 bits per heavy atom. The van der Waals surface area contributed by atoms with Gasteiger partial charge in [0.05, 0.1) is 6.54 Å². The SMILES string of the molecule is CN1C[C@@H]2CN(CC(=O)O)C[C@H]2c2ccccc21. The van der Waals surface area contributed by atoms with Crippen LogP contribution < -0.4 is 4.90 Å². The molecule has 0 spiro atoms. The number of hydrogen-bond acceptors (Lipinski definition) is 3. The normalized spacial score (nSPS) is 26.8. The highest BCUT2D eigenvalue weighted by Crippen LogP contribution is 2.41. The van der Waals surface area contributed by atoms with Gasteiger partial charge in [0.25, 0.3) is 0 Å². The number of carboxylic acids is 1. The number of benzene rings is 1. The molecule has 0 aliphatic carbocycles. The van der Waals surface area contributed by atoms with Gasteiger partial charge in [-0.1, -0.05) is 18.2 Å². The van der Waals surface area contributed by atoms with Gasteiger partial charge in [-0.2, -0.15) is 0 Å². The van der Waals surface area contributed by atoms with Crippen molar-refractivity contribution in [1.29, 1.82) is 0 Å². The third kappa shape index (κ3) is 1.86. The molecule has 0 unspecified atom stereocenters. The van der Waals surface area contributed by atoms with Gasteiger partial charge < -0.3 is 10.0 Å². The first-order chi connectivity index (χ1) is 8.65. The van der Waals surface area contributed by atoms with Crippen LogP contribution in [0, 0.1) is 5.92 Å². The molecule has 3 rings (SSSR count). The number of nitrogens with zero attached hydrogens (tertiary/aromatic N) is 2. The van der Waals surface area contributed by atoms with E-state index in [2.05, 4.69) is 41.1 Å². The summed E-state index contributed by atoms with van der Waals surface area (Å²) in [7, 11) is 2.12. The van der Waals surface area contributed by atoms with Crippen LogP contribution in [0.2, 0.25) is 0 Å². The quantitative estimate of drug-likeness (QED) is 0.852. The first kappa shape index (κ1) is 11.5. The minimum atomic E-state index is -0.727. The van der Waals surface area contributed by atoms with Gasteiger partial charge in [-0.15, -0.1) is 0 Å². The Morgan fingerprint density at radius 1 is 1.33 bits per heavy atom. The zero-order valence-corrected chi connectivity index (χ0v) is 10.5. The predicted octanol–water partition coefficient (Wildman–Crippen LogP) is 1.24. The van der Waals surface area contributed by atoms with Gasteiger partial charge >= 0.3 is 5.97 Å². The predicted molar refractivity (Wildman–Crippen MR) is 70.0 cm³/mol. The molecule has 2 heterocycles. The molecular weight excluding hydrogens is 228 g/mol. The van der Waals surface area contributed by atoms with Gasteiger partial charge in [-0.05, 0) is 17.5 Å². The summed E-state index contributed by atoms with van der Waals surface area (Å²) in [6, 6.07) is 8.49. The number of hydrogen-bond donors (Lipinski definition) is 1. The largest absolute Gasteiger partial charge is 0.480 e. The van der Waals surface area contributed by atoms with Crippen LogP contribution in [-0.2, 0) is 4.79 Å². The number of anilines is 1. The molecule has 2 atom stereocenters. The Morgan fingerprint density at radius 2 is 2.11 bits per heavy atom. The lowest BCUT2D eigenvalue weighted by molar-refractivity contribution is -0.138. The van der Waals surface area contributed by atoms with Gasteiger partial charge in [0.1, 0.15) is 0 Å². The van der Waals surface area contributed by atoms with E-state index in [1.165, 1.54) is 11.3 Å². The molecular formula is C14H18N2O2. The molecule has 4 heteroatoms. The number of para-hydroxylation sites is 1. The minimum absolute atomic E-state index is 0.166. The van der Waals surface area contributed by atoms with E-state index >= 15 is 0 Å². The van der Waals surface area contributed by atoms with Gasteiger partial charge in [0, 0.05) is 38.3 Å². The molecule has 0 aromatic heterocycles. The standard InChI is InChI=1S/C14H18N2O2/c1-15-6-10-7-16(9-14(17)18)8-12(10)11-4-2-3-5-13(11)15/h2-5,10,12H,6-9H2,1H3,(H,17,18)/t10-,12-/m1/s1. The first-order valence-electron chi connectivity index (χ1n) is 6.39. The van der Waals surface area contributed by atoms with Crippen LogP contribution >= 0.6 is 0 Å². The molecule has 96 valence electrons. The molecule has 0 bridgehead atoms. The third-order valence-corrected chi connectivity index (χ3v) is 4.13. The molecule has 2 aliphatic rings. The van der Waals surface area contributed by atoms with E-state index in [0.29, 0.717) is 11.8 Å². The fraction of sp³-hybridized carbons (Fsp3) is 0.500. The summed E-state index contributed by atoms with van der Waals surface area (Å²) in [6.45, 7) is 2.97. The van der Waals surface area contributed by atoms with Crippen molar-refractivity contribution in [2.75, 3.05) is 38.1 Å². The highest BCUT2D eigenvalue weighted by molar-refractivity contribution is 5.69. The highest BCUT2D eigenvalue weighted by Gasteiger charge is 2.39. The lowest BCUT2D eigenvalue weighted by atomic mass is 9.84. The second-order valence-corrected chi connectivity index (χ2v) is 5.39.